The molecule has 4 heteroatoms. The number of hydrogen-bond acceptors (Lipinski definition) is 2. The zero-order chi connectivity index (χ0) is 13.4. The van der Waals surface area contributed by atoms with Crippen LogP contribution in [0.15, 0.2) is 24.3 Å². The molecule has 2 aliphatic heterocycles. The van der Waals surface area contributed by atoms with E-state index in [4.69, 9.17) is 5.11 Å². The Hall–Kier alpha value is -1.84. The quantitative estimate of drug-likeness (QED) is 0.886. The second-order valence-corrected chi connectivity index (χ2v) is 5.39. The first-order chi connectivity index (χ1) is 9.16. The van der Waals surface area contributed by atoms with E-state index in [-0.39, 0.29) is 11.8 Å². The van der Waals surface area contributed by atoms with Crippen LogP contribution in [0.4, 0.5) is 0 Å². The van der Waals surface area contributed by atoms with Gasteiger partial charge >= 0.3 is 5.97 Å². The Morgan fingerprint density at radius 3 is 2.63 bits per heavy atom. The number of carbonyl (C=O) groups excluding carboxylic acids is 1. The summed E-state index contributed by atoms with van der Waals surface area (Å²) in [5, 5.41) is 8.91. The van der Waals surface area contributed by atoms with Gasteiger partial charge in [-0.25, -0.2) is 4.79 Å². The van der Waals surface area contributed by atoms with Crippen LogP contribution < -0.4 is 0 Å². The van der Waals surface area contributed by atoms with Crippen molar-refractivity contribution < 1.29 is 14.7 Å². The lowest BCUT2D eigenvalue weighted by Gasteiger charge is -2.32. The molecule has 1 amide bonds. The maximum absolute atomic E-state index is 12.0. The molecule has 100 valence electrons. The Morgan fingerprint density at radius 1 is 1.21 bits per heavy atom. The van der Waals surface area contributed by atoms with E-state index in [1.807, 2.05) is 17.0 Å². The molecule has 2 unspecified atom stereocenters. The summed E-state index contributed by atoms with van der Waals surface area (Å²) in [6.07, 6.45) is 3.92. The molecular formula is C15H17NO3. The van der Waals surface area contributed by atoms with Gasteiger partial charge in [-0.1, -0.05) is 12.1 Å². The zero-order valence-corrected chi connectivity index (χ0v) is 10.7. The molecule has 1 aromatic carbocycles. The van der Waals surface area contributed by atoms with Gasteiger partial charge < -0.3 is 10.0 Å². The predicted octanol–water partition coefficient (Wildman–Crippen LogP) is 2.25. The molecular weight excluding hydrogens is 242 g/mol. The van der Waals surface area contributed by atoms with Gasteiger partial charge in [0.05, 0.1) is 5.56 Å². The average Bonchev–Trinajstić information content (AvgIpc) is 2.77. The fraction of sp³-hybridized carbons (Fsp3) is 0.467. The van der Waals surface area contributed by atoms with Crippen molar-refractivity contribution in [3.63, 3.8) is 0 Å². The van der Waals surface area contributed by atoms with E-state index in [0.29, 0.717) is 18.0 Å². The number of rotatable bonds is 2. The predicted molar refractivity (Wildman–Crippen MR) is 70.1 cm³/mol. The fourth-order valence-electron chi connectivity index (χ4n) is 3.34. The molecule has 2 heterocycles. The van der Waals surface area contributed by atoms with E-state index in [9.17, 15) is 9.59 Å². The van der Waals surface area contributed by atoms with Gasteiger partial charge in [0.2, 0.25) is 5.91 Å². The molecule has 2 aliphatic rings. The van der Waals surface area contributed by atoms with E-state index in [0.717, 1.165) is 24.9 Å². The third kappa shape index (κ3) is 2.11. The van der Waals surface area contributed by atoms with E-state index in [1.165, 1.54) is 6.42 Å². The first-order valence-corrected chi connectivity index (χ1v) is 6.79. The molecule has 0 radical (unpaired) electrons. The molecule has 19 heavy (non-hydrogen) atoms. The van der Waals surface area contributed by atoms with Crippen LogP contribution in [0.25, 0.3) is 0 Å². The van der Waals surface area contributed by atoms with Gasteiger partial charge in [-0.15, -0.1) is 0 Å². The summed E-state index contributed by atoms with van der Waals surface area (Å²) in [4.78, 5) is 24.9. The summed E-state index contributed by atoms with van der Waals surface area (Å²) in [5.74, 6) is -0.430. The Morgan fingerprint density at radius 2 is 1.95 bits per heavy atom. The third-order valence-electron chi connectivity index (χ3n) is 4.31. The molecule has 2 atom stereocenters. The number of aromatic carboxylic acids is 1. The van der Waals surface area contributed by atoms with Gasteiger partial charge in [-0.05, 0) is 37.0 Å². The minimum absolute atomic E-state index is 0.232. The lowest BCUT2D eigenvalue weighted by molar-refractivity contribution is -0.129. The molecule has 2 saturated heterocycles. The number of fused-ring (bicyclic) bond motifs is 1. The molecule has 0 bridgehead atoms. The molecule has 0 saturated carbocycles. The average molecular weight is 259 g/mol. The zero-order valence-electron chi connectivity index (χ0n) is 10.7. The van der Waals surface area contributed by atoms with E-state index < -0.39 is 5.97 Å². The second-order valence-electron chi connectivity index (χ2n) is 5.39. The Kier molecular flexibility index (Phi) is 3.01. The van der Waals surface area contributed by atoms with Crippen LogP contribution in [-0.4, -0.2) is 34.5 Å². The van der Waals surface area contributed by atoms with Gasteiger partial charge in [-0.2, -0.15) is 0 Å². The second kappa shape index (κ2) is 4.68. The first-order valence-electron chi connectivity index (χ1n) is 6.79. The molecule has 4 nitrogen and oxygen atoms in total. The fourth-order valence-corrected chi connectivity index (χ4v) is 3.34. The van der Waals surface area contributed by atoms with Crippen molar-refractivity contribution in [1.82, 2.24) is 4.90 Å². The van der Waals surface area contributed by atoms with Gasteiger partial charge in [0.25, 0.3) is 0 Å². The standard InChI is InChI=1S/C15H17NO3/c17-14-9-12(13-3-1-2-8-16(13)14)10-4-6-11(7-5-10)15(18)19/h4-7,12-13H,1-3,8-9H2,(H,18,19). The minimum atomic E-state index is -0.909. The highest BCUT2D eigenvalue weighted by Gasteiger charge is 2.41. The lowest BCUT2D eigenvalue weighted by Crippen LogP contribution is -2.38. The summed E-state index contributed by atoms with van der Waals surface area (Å²) in [6.45, 7) is 0.882. The number of carbonyl (C=O) groups is 2. The smallest absolute Gasteiger partial charge is 0.335 e. The van der Waals surface area contributed by atoms with Gasteiger partial charge in [0, 0.05) is 24.9 Å². The van der Waals surface area contributed by atoms with Crippen LogP contribution in [0.3, 0.4) is 0 Å². The van der Waals surface area contributed by atoms with Crippen LogP contribution >= 0.6 is 0 Å². The van der Waals surface area contributed by atoms with Crippen LogP contribution in [0.2, 0.25) is 0 Å². The number of carboxylic acid groups (broad SMARTS) is 1. The monoisotopic (exact) mass is 259 g/mol. The normalized spacial score (nSPS) is 26.3. The number of nitrogens with zero attached hydrogens (tertiary/aromatic N) is 1. The summed E-state index contributed by atoms with van der Waals surface area (Å²) in [5.41, 5.74) is 1.39. The summed E-state index contributed by atoms with van der Waals surface area (Å²) < 4.78 is 0. The number of benzene rings is 1. The van der Waals surface area contributed by atoms with Crippen molar-refractivity contribution in [3.8, 4) is 0 Å². The highest BCUT2D eigenvalue weighted by molar-refractivity contribution is 5.87. The van der Waals surface area contributed by atoms with Crippen molar-refractivity contribution in [1.29, 1.82) is 0 Å². The van der Waals surface area contributed by atoms with Crippen molar-refractivity contribution in [2.75, 3.05) is 6.54 Å². The maximum atomic E-state index is 12.0. The highest BCUT2D eigenvalue weighted by atomic mass is 16.4. The number of amides is 1. The molecule has 2 fully saturated rings. The highest BCUT2D eigenvalue weighted by Crippen LogP contribution is 2.39. The maximum Gasteiger partial charge on any atom is 0.335 e. The Balaban J connectivity index is 1.85. The van der Waals surface area contributed by atoms with Crippen LogP contribution in [-0.2, 0) is 4.79 Å². The van der Waals surface area contributed by atoms with Crippen molar-refractivity contribution in [3.05, 3.63) is 35.4 Å². The molecule has 1 aromatic rings. The minimum Gasteiger partial charge on any atom is -0.478 e. The van der Waals surface area contributed by atoms with Crippen LogP contribution in [0, 0.1) is 0 Å². The SMILES string of the molecule is O=C(O)c1ccc(C2CC(=O)N3CCCCC23)cc1. The Labute approximate surface area is 112 Å². The summed E-state index contributed by atoms with van der Waals surface area (Å²) >= 11 is 0. The topological polar surface area (TPSA) is 57.6 Å². The van der Waals surface area contributed by atoms with E-state index in [1.54, 1.807) is 12.1 Å². The molecule has 1 N–H and O–H groups in total. The van der Waals surface area contributed by atoms with Crippen LogP contribution in [0.1, 0.15) is 47.5 Å². The van der Waals surface area contributed by atoms with Gasteiger partial charge in [0.15, 0.2) is 0 Å². The van der Waals surface area contributed by atoms with Gasteiger partial charge in [0.1, 0.15) is 0 Å². The number of hydrogen-bond donors (Lipinski definition) is 1. The van der Waals surface area contributed by atoms with Crippen LogP contribution in [0.5, 0.6) is 0 Å². The van der Waals surface area contributed by atoms with Crippen molar-refractivity contribution in [2.24, 2.45) is 0 Å². The summed E-state index contributed by atoms with van der Waals surface area (Å²) in [7, 11) is 0. The van der Waals surface area contributed by atoms with E-state index >= 15 is 0 Å². The number of piperidine rings is 1. The van der Waals surface area contributed by atoms with Crippen molar-refractivity contribution >= 4 is 11.9 Å². The largest absolute Gasteiger partial charge is 0.478 e. The summed E-state index contributed by atoms with van der Waals surface area (Å²) in [6, 6.07) is 7.30. The Bertz CT molecular complexity index is 509. The molecule has 0 spiro atoms. The molecule has 3 rings (SSSR count). The third-order valence-corrected chi connectivity index (χ3v) is 4.31. The lowest BCUT2D eigenvalue weighted by atomic mass is 9.87. The van der Waals surface area contributed by atoms with Crippen molar-refractivity contribution in [2.45, 2.75) is 37.6 Å². The molecule has 0 aliphatic carbocycles. The van der Waals surface area contributed by atoms with E-state index in [2.05, 4.69) is 0 Å². The molecule has 0 aromatic heterocycles. The first kappa shape index (κ1) is 12.2. The van der Waals surface area contributed by atoms with Gasteiger partial charge in [-0.3, -0.25) is 4.79 Å². The number of carboxylic acids is 1.